The molecule has 1 aliphatic rings. The lowest BCUT2D eigenvalue weighted by Gasteiger charge is -2.23. The number of rotatable bonds is 5. The van der Waals surface area contributed by atoms with E-state index >= 15 is 0 Å². The molecule has 1 saturated heterocycles. The van der Waals surface area contributed by atoms with Crippen LogP contribution in [0.5, 0.6) is 5.88 Å². The van der Waals surface area contributed by atoms with Crippen LogP contribution in [0.4, 0.5) is 0 Å². The molecule has 0 unspecified atom stereocenters. The zero-order chi connectivity index (χ0) is 17.1. The Bertz CT molecular complexity index is 858. The van der Waals surface area contributed by atoms with Crippen molar-refractivity contribution in [2.75, 3.05) is 26.3 Å². The predicted molar refractivity (Wildman–Crippen MR) is 94.5 cm³/mol. The minimum Gasteiger partial charge on any atom is -0.474 e. The highest BCUT2D eigenvalue weighted by atomic mass is 16.5. The zero-order valence-electron chi connectivity index (χ0n) is 14.2. The average Bonchev–Trinajstić information content (AvgIpc) is 3.16. The largest absolute Gasteiger partial charge is 0.474 e. The van der Waals surface area contributed by atoms with Crippen molar-refractivity contribution in [2.24, 2.45) is 0 Å². The number of aromatic nitrogens is 4. The second kappa shape index (κ2) is 7.16. The Morgan fingerprint density at radius 1 is 1.44 bits per heavy atom. The zero-order valence-corrected chi connectivity index (χ0v) is 14.2. The summed E-state index contributed by atoms with van der Waals surface area (Å²) in [6.45, 7) is 5.72. The summed E-state index contributed by atoms with van der Waals surface area (Å²) in [5.41, 5.74) is 2.62. The van der Waals surface area contributed by atoms with Crippen LogP contribution in [0.1, 0.15) is 6.92 Å². The molecule has 0 aliphatic carbocycles. The van der Waals surface area contributed by atoms with Crippen LogP contribution in [0.25, 0.3) is 22.2 Å². The molecule has 7 heteroatoms. The smallest absolute Gasteiger partial charge is 0.223 e. The van der Waals surface area contributed by atoms with Gasteiger partial charge in [-0.15, -0.1) is 0 Å². The van der Waals surface area contributed by atoms with E-state index < -0.39 is 0 Å². The maximum Gasteiger partial charge on any atom is 0.223 e. The number of morpholine rings is 1. The van der Waals surface area contributed by atoms with E-state index in [1.54, 1.807) is 6.20 Å². The van der Waals surface area contributed by atoms with Gasteiger partial charge in [-0.2, -0.15) is 5.10 Å². The lowest BCUT2D eigenvalue weighted by Crippen LogP contribution is -2.41. The van der Waals surface area contributed by atoms with E-state index in [1.165, 1.54) is 0 Å². The first-order valence-electron chi connectivity index (χ1n) is 8.57. The van der Waals surface area contributed by atoms with Crippen LogP contribution in [0.3, 0.4) is 0 Å². The highest BCUT2D eigenvalue weighted by molar-refractivity contribution is 5.86. The molecule has 0 spiro atoms. The fraction of sp³-hybridized carbons (Fsp3) is 0.389. The molecule has 0 radical (unpaired) electrons. The quantitative estimate of drug-likeness (QED) is 0.765. The van der Waals surface area contributed by atoms with Gasteiger partial charge in [0.05, 0.1) is 29.4 Å². The van der Waals surface area contributed by atoms with Gasteiger partial charge in [-0.25, -0.2) is 4.98 Å². The topological polar surface area (TPSA) is 74.1 Å². The molecule has 1 aliphatic heterocycles. The van der Waals surface area contributed by atoms with Crippen LogP contribution in [0, 0.1) is 0 Å². The van der Waals surface area contributed by atoms with Crippen molar-refractivity contribution < 1.29 is 9.47 Å². The van der Waals surface area contributed by atoms with Crippen LogP contribution in [-0.4, -0.2) is 52.2 Å². The van der Waals surface area contributed by atoms with E-state index in [0.29, 0.717) is 19.1 Å². The number of hydrogen-bond donors (Lipinski definition) is 1. The fourth-order valence-corrected chi connectivity index (χ4v) is 2.87. The van der Waals surface area contributed by atoms with Crippen molar-refractivity contribution in [3.63, 3.8) is 0 Å². The standard InChI is InChI=1S/C18H21N5O2/c1-2-23-11-13(9-21-23)16-8-17-15(4-3-5-20-17)18(22-16)25-12-14-10-19-6-7-24-14/h3-5,8-9,11,14,19H,2,6-7,10,12H2,1H3/t14-/m0/s1. The molecule has 0 saturated carbocycles. The highest BCUT2D eigenvalue weighted by Crippen LogP contribution is 2.28. The van der Waals surface area contributed by atoms with Gasteiger partial charge in [0.2, 0.25) is 5.88 Å². The third kappa shape index (κ3) is 3.47. The first-order valence-corrected chi connectivity index (χ1v) is 8.57. The summed E-state index contributed by atoms with van der Waals surface area (Å²) >= 11 is 0. The van der Waals surface area contributed by atoms with Crippen LogP contribution < -0.4 is 10.1 Å². The molecular weight excluding hydrogens is 318 g/mol. The van der Waals surface area contributed by atoms with Crippen LogP contribution in [-0.2, 0) is 11.3 Å². The third-order valence-electron chi connectivity index (χ3n) is 4.23. The van der Waals surface area contributed by atoms with Crippen LogP contribution in [0.15, 0.2) is 36.8 Å². The molecule has 25 heavy (non-hydrogen) atoms. The highest BCUT2D eigenvalue weighted by Gasteiger charge is 2.16. The van der Waals surface area contributed by atoms with Gasteiger partial charge >= 0.3 is 0 Å². The van der Waals surface area contributed by atoms with Gasteiger partial charge in [-0.1, -0.05) is 0 Å². The monoisotopic (exact) mass is 339 g/mol. The molecule has 4 rings (SSSR count). The van der Waals surface area contributed by atoms with Crippen molar-refractivity contribution in [3.8, 4) is 17.1 Å². The van der Waals surface area contributed by atoms with Crippen molar-refractivity contribution >= 4 is 10.9 Å². The lowest BCUT2D eigenvalue weighted by atomic mass is 10.2. The van der Waals surface area contributed by atoms with E-state index in [1.807, 2.05) is 35.3 Å². The summed E-state index contributed by atoms with van der Waals surface area (Å²) < 4.78 is 13.6. The maximum absolute atomic E-state index is 6.01. The Labute approximate surface area is 146 Å². The van der Waals surface area contributed by atoms with Gasteiger partial charge in [0.15, 0.2) is 0 Å². The van der Waals surface area contributed by atoms with Crippen LogP contribution >= 0.6 is 0 Å². The Morgan fingerprint density at radius 2 is 2.40 bits per heavy atom. The molecule has 7 nitrogen and oxygen atoms in total. The van der Waals surface area contributed by atoms with Gasteiger partial charge < -0.3 is 14.8 Å². The third-order valence-corrected chi connectivity index (χ3v) is 4.23. The van der Waals surface area contributed by atoms with Gasteiger partial charge in [-0.3, -0.25) is 9.67 Å². The molecule has 3 aromatic rings. The summed E-state index contributed by atoms with van der Waals surface area (Å²) in [7, 11) is 0. The number of pyridine rings is 2. The number of nitrogens with one attached hydrogen (secondary N) is 1. The Balaban J connectivity index is 1.65. The average molecular weight is 339 g/mol. The molecule has 1 N–H and O–H groups in total. The maximum atomic E-state index is 6.01. The van der Waals surface area contributed by atoms with Gasteiger partial charge in [-0.05, 0) is 25.1 Å². The Kier molecular flexibility index (Phi) is 4.58. The second-order valence-electron chi connectivity index (χ2n) is 5.98. The molecular formula is C18H21N5O2. The molecule has 1 fully saturated rings. The molecule has 0 amide bonds. The summed E-state index contributed by atoms with van der Waals surface area (Å²) in [6.07, 6.45) is 5.61. The van der Waals surface area contributed by atoms with Gasteiger partial charge in [0.1, 0.15) is 12.7 Å². The second-order valence-corrected chi connectivity index (χ2v) is 5.98. The summed E-state index contributed by atoms with van der Waals surface area (Å²) in [5, 5.41) is 8.53. The minimum absolute atomic E-state index is 0.0359. The van der Waals surface area contributed by atoms with E-state index in [2.05, 4.69) is 22.3 Å². The van der Waals surface area contributed by atoms with E-state index in [0.717, 1.165) is 41.8 Å². The van der Waals surface area contributed by atoms with Crippen molar-refractivity contribution in [1.82, 2.24) is 25.1 Å². The van der Waals surface area contributed by atoms with E-state index in [-0.39, 0.29) is 6.10 Å². The minimum atomic E-state index is 0.0359. The Morgan fingerprint density at radius 3 is 3.20 bits per heavy atom. The number of aryl methyl sites for hydroxylation is 1. The fourth-order valence-electron chi connectivity index (χ4n) is 2.87. The lowest BCUT2D eigenvalue weighted by molar-refractivity contribution is -0.000365. The normalized spacial score (nSPS) is 17.7. The predicted octanol–water partition coefficient (Wildman–Crippen LogP) is 1.88. The number of ether oxygens (including phenoxy) is 2. The van der Waals surface area contributed by atoms with E-state index in [4.69, 9.17) is 14.5 Å². The number of hydrogen-bond acceptors (Lipinski definition) is 6. The van der Waals surface area contributed by atoms with Crippen molar-refractivity contribution in [2.45, 2.75) is 19.6 Å². The van der Waals surface area contributed by atoms with Gasteiger partial charge in [0, 0.05) is 37.6 Å². The summed E-state index contributed by atoms with van der Waals surface area (Å²) in [5.74, 6) is 0.582. The van der Waals surface area contributed by atoms with Gasteiger partial charge in [0.25, 0.3) is 0 Å². The first-order chi connectivity index (χ1) is 12.3. The van der Waals surface area contributed by atoms with Crippen LogP contribution in [0.2, 0.25) is 0 Å². The molecule has 0 bridgehead atoms. The summed E-state index contributed by atoms with van der Waals surface area (Å²) in [4.78, 5) is 9.17. The molecule has 0 aromatic carbocycles. The van der Waals surface area contributed by atoms with Crippen molar-refractivity contribution in [1.29, 1.82) is 0 Å². The van der Waals surface area contributed by atoms with E-state index in [9.17, 15) is 0 Å². The Hall–Kier alpha value is -2.51. The number of nitrogens with zero attached hydrogens (tertiary/aromatic N) is 4. The molecule has 4 heterocycles. The van der Waals surface area contributed by atoms with Crippen molar-refractivity contribution in [3.05, 3.63) is 36.8 Å². The molecule has 1 atom stereocenters. The SMILES string of the molecule is CCn1cc(-c2cc3ncccc3c(OC[C@@H]3CNCCO3)n2)cn1. The first kappa shape index (κ1) is 16.0. The molecule has 130 valence electrons. The molecule has 3 aromatic heterocycles. The number of fused-ring (bicyclic) bond motifs is 1. The summed E-state index contributed by atoms with van der Waals surface area (Å²) in [6, 6.07) is 5.84.